The lowest BCUT2D eigenvalue weighted by molar-refractivity contribution is 0.0697. The van der Waals surface area contributed by atoms with Crippen LogP contribution in [0.4, 0.5) is 0 Å². The second kappa shape index (κ2) is 3.76. The van der Waals surface area contributed by atoms with Gasteiger partial charge in [-0.1, -0.05) is 23.7 Å². The van der Waals surface area contributed by atoms with E-state index in [1.807, 2.05) is 26.0 Å². The normalized spacial score (nSPS) is 10.7. The van der Waals surface area contributed by atoms with Crippen LogP contribution in [0.3, 0.4) is 0 Å². The van der Waals surface area contributed by atoms with Gasteiger partial charge in [-0.25, -0.2) is 9.78 Å². The van der Waals surface area contributed by atoms with Gasteiger partial charge in [0, 0.05) is 5.39 Å². The summed E-state index contributed by atoms with van der Waals surface area (Å²) < 4.78 is 0. The molecular formula is C12H10ClNO2. The summed E-state index contributed by atoms with van der Waals surface area (Å²) in [7, 11) is 0. The van der Waals surface area contributed by atoms with Crippen molar-refractivity contribution in [2.75, 3.05) is 0 Å². The zero-order valence-electron chi connectivity index (χ0n) is 8.91. The molecule has 0 aliphatic carbocycles. The molecule has 1 N–H and O–H groups in total. The number of aromatic nitrogens is 1. The van der Waals surface area contributed by atoms with E-state index in [9.17, 15) is 4.79 Å². The Bertz CT molecular complexity index is 593. The standard InChI is InChI=1S/C12H10ClNO2/c1-6-3-4-7(2)10-8(6)5-9(12(15)16)11(13)14-10/h3-5H,1-2H3,(H,15,16). The van der Waals surface area contributed by atoms with Crippen LogP contribution in [0.25, 0.3) is 10.9 Å². The van der Waals surface area contributed by atoms with E-state index < -0.39 is 5.97 Å². The van der Waals surface area contributed by atoms with Crippen LogP contribution in [-0.2, 0) is 0 Å². The van der Waals surface area contributed by atoms with Crippen molar-refractivity contribution in [3.63, 3.8) is 0 Å². The molecule has 0 radical (unpaired) electrons. The second-order valence-corrected chi connectivity index (χ2v) is 4.09. The Balaban J connectivity index is 2.89. The smallest absolute Gasteiger partial charge is 0.338 e. The Morgan fingerprint density at radius 3 is 2.56 bits per heavy atom. The summed E-state index contributed by atoms with van der Waals surface area (Å²) >= 11 is 5.83. The lowest BCUT2D eigenvalue weighted by Gasteiger charge is -2.07. The second-order valence-electron chi connectivity index (χ2n) is 3.73. The number of fused-ring (bicyclic) bond motifs is 1. The summed E-state index contributed by atoms with van der Waals surface area (Å²) in [5.41, 5.74) is 2.78. The minimum atomic E-state index is -1.06. The number of carbonyl (C=O) groups is 1. The summed E-state index contributed by atoms with van der Waals surface area (Å²) in [5, 5.41) is 9.83. The third-order valence-electron chi connectivity index (χ3n) is 2.59. The highest BCUT2D eigenvalue weighted by atomic mass is 35.5. The fraction of sp³-hybridized carbons (Fsp3) is 0.167. The first-order chi connectivity index (χ1) is 7.50. The maximum absolute atomic E-state index is 10.9. The third kappa shape index (κ3) is 1.63. The van der Waals surface area contributed by atoms with Gasteiger partial charge in [0.1, 0.15) is 5.15 Å². The molecule has 2 rings (SSSR count). The van der Waals surface area contributed by atoms with Crippen LogP contribution >= 0.6 is 11.6 Å². The van der Waals surface area contributed by atoms with Crippen molar-refractivity contribution in [1.29, 1.82) is 0 Å². The summed E-state index contributed by atoms with van der Waals surface area (Å²) in [5.74, 6) is -1.06. The molecule has 0 aliphatic heterocycles. The number of aryl methyl sites for hydroxylation is 2. The van der Waals surface area contributed by atoms with Gasteiger partial charge in [0.2, 0.25) is 0 Å². The molecule has 0 atom stereocenters. The molecule has 3 nitrogen and oxygen atoms in total. The molecule has 0 bridgehead atoms. The molecule has 0 saturated heterocycles. The Labute approximate surface area is 97.7 Å². The molecule has 0 amide bonds. The Kier molecular flexibility index (Phi) is 2.56. The van der Waals surface area contributed by atoms with E-state index in [0.29, 0.717) is 0 Å². The number of aromatic carboxylic acids is 1. The number of carboxylic acid groups (broad SMARTS) is 1. The van der Waals surface area contributed by atoms with Crippen LogP contribution in [0.2, 0.25) is 5.15 Å². The van der Waals surface area contributed by atoms with Crippen LogP contribution in [0, 0.1) is 13.8 Å². The predicted octanol–water partition coefficient (Wildman–Crippen LogP) is 3.20. The van der Waals surface area contributed by atoms with E-state index >= 15 is 0 Å². The van der Waals surface area contributed by atoms with Crippen molar-refractivity contribution in [2.45, 2.75) is 13.8 Å². The molecule has 0 saturated carbocycles. The summed E-state index contributed by atoms with van der Waals surface area (Å²) in [6, 6.07) is 5.47. The lowest BCUT2D eigenvalue weighted by atomic mass is 10.0. The summed E-state index contributed by atoms with van der Waals surface area (Å²) in [6.07, 6.45) is 0. The highest BCUT2D eigenvalue weighted by molar-refractivity contribution is 6.32. The third-order valence-corrected chi connectivity index (χ3v) is 2.88. The van der Waals surface area contributed by atoms with Crippen LogP contribution in [0.1, 0.15) is 21.5 Å². The van der Waals surface area contributed by atoms with Crippen LogP contribution in [0.5, 0.6) is 0 Å². The first kappa shape index (κ1) is 10.9. The van der Waals surface area contributed by atoms with Gasteiger partial charge in [-0.15, -0.1) is 0 Å². The fourth-order valence-corrected chi connectivity index (χ4v) is 1.88. The number of halogens is 1. The molecule has 1 aromatic carbocycles. The minimum absolute atomic E-state index is 0.0358. The zero-order valence-corrected chi connectivity index (χ0v) is 9.67. The fourth-order valence-electron chi connectivity index (χ4n) is 1.66. The molecule has 0 fully saturated rings. The van der Waals surface area contributed by atoms with Gasteiger partial charge in [0.15, 0.2) is 0 Å². The number of pyridine rings is 1. The van der Waals surface area contributed by atoms with Crippen molar-refractivity contribution in [3.8, 4) is 0 Å². The van der Waals surface area contributed by atoms with Gasteiger partial charge in [0.05, 0.1) is 11.1 Å². The number of hydrogen-bond donors (Lipinski definition) is 1. The number of hydrogen-bond acceptors (Lipinski definition) is 2. The molecule has 1 aromatic heterocycles. The molecular weight excluding hydrogens is 226 g/mol. The SMILES string of the molecule is Cc1ccc(C)c2nc(Cl)c(C(=O)O)cc12. The minimum Gasteiger partial charge on any atom is -0.478 e. The van der Waals surface area contributed by atoms with Gasteiger partial charge < -0.3 is 5.11 Å². The van der Waals surface area contributed by atoms with Crippen molar-refractivity contribution in [2.24, 2.45) is 0 Å². The van der Waals surface area contributed by atoms with Crippen LogP contribution < -0.4 is 0 Å². The maximum atomic E-state index is 10.9. The zero-order chi connectivity index (χ0) is 11.9. The van der Waals surface area contributed by atoms with Crippen molar-refractivity contribution in [1.82, 2.24) is 4.98 Å². The van der Waals surface area contributed by atoms with Crippen LogP contribution in [0.15, 0.2) is 18.2 Å². The van der Waals surface area contributed by atoms with Gasteiger partial charge in [-0.2, -0.15) is 0 Å². The number of nitrogens with zero attached hydrogens (tertiary/aromatic N) is 1. The van der Waals surface area contributed by atoms with Crippen LogP contribution in [-0.4, -0.2) is 16.1 Å². The predicted molar refractivity (Wildman–Crippen MR) is 63.2 cm³/mol. The van der Waals surface area contributed by atoms with E-state index in [4.69, 9.17) is 16.7 Å². The molecule has 16 heavy (non-hydrogen) atoms. The number of carboxylic acids is 1. The number of rotatable bonds is 1. The van der Waals surface area contributed by atoms with Crippen molar-refractivity contribution >= 4 is 28.5 Å². The number of benzene rings is 1. The first-order valence-corrected chi connectivity index (χ1v) is 5.18. The molecule has 2 aromatic rings. The van der Waals surface area contributed by atoms with Crippen molar-refractivity contribution < 1.29 is 9.90 Å². The summed E-state index contributed by atoms with van der Waals surface area (Å²) in [4.78, 5) is 15.1. The average molecular weight is 236 g/mol. The van der Waals surface area contributed by atoms with E-state index in [1.165, 1.54) is 0 Å². The highest BCUT2D eigenvalue weighted by Gasteiger charge is 2.13. The van der Waals surface area contributed by atoms with Gasteiger partial charge in [-0.3, -0.25) is 0 Å². The van der Waals surface area contributed by atoms with E-state index in [1.54, 1.807) is 6.07 Å². The van der Waals surface area contributed by atoms with Gasteiger partial charge in [0.25, 0.3) is 0 Å². The van der Waals surface area contributed by atoms with E-state index in [-0.39, 0.29) is 10.7 Å². The summed E-state index contributed by atoms with van der Waals surface area (Å²) in [6.45, 7) is 3.84. The van der Waals surface area contributed by atoms with E-state index in [0.717, 1.165) is 22.0 Å². The molecule has 0 spiro atoms. The quantitative estimate of drug-likeness (QED) is 0.773. The topological polar surface area (TPSA) is 50.2 Å². The van der Waals surface area contributed by atoms with Gasteiger partial charge in [-0.05, 0) is 31.0 Å². The lowest BCUT2D eigenvalue weighted by Crippen LogP contribution is -2.00. The monoisotopic (exact) mass is 235 g/mol. The largest absolute Gasteiger partial charge is 0.478 e. The Morgan fingerprint density at radius 2 is 1.94 bits per heavy atom. The molecule has 82 valence electrons. The Morgan fingerprint density at radius 1 is 1.31 bits per heavy atom. The Hall–Kier alpha value is -1.61. The molecule has 1 heterocycles. The highest BCUT2D eigenvalue weighted by Crippen LogP contribution is 2.25. The average Bonchev–Trinajstić information content (AvgIpc) is 2.23. The first-order valence-electron chi connectivity index (χ1n) is 4.80. The van der Waals surface area contributed by atoms with E-state index in [2.05, 4.69) is 4.98 Å². The van der Waals surface area contributed by atoms with Gasteiger partial charge >= 0.3 is 5.97 Å². The molecule has 0 unspecified atom stereocenters. The van der Waals surface area contributed by atoms with Crippen molar-refractivity contribution in [3.05, 3.63) is 40.0 Å². The maximum Gasteiger partial charge on any atom is 0.338 e. The molecule has 4 heteroatoms. The molecule has 0 aliphatic rings.